The van der Waals surface area contributed by atoms with Gasteiger partial charge >= 0.3 is 0 Å². The summed E-state index contributed by atoms with van der Waals surface area (Å²) in [6, 6.07) is 23.1. The molecule has 150 valence electrons. The maximum absolute atomic E-state index is 12.5. The highest BCUT2D eigenvalue weighted by Gasteiger charge is 2.11. The molecule has 0 unspecified atom stereocenters. The lowest BCUT2D eigenvalue weighted by molar-refractivity contribution is -0.112. The number of carbonyl (C=O) groups is 1. The number of aryl methyl sites for hydroxylation is 1. The number of rotatable bonds is 6. The topological polar surface area (TPSA) is 52.9 Å². The Kier molecular flexibility index (Phi) is 7.46. The molecule has 0 saturated carbocycles. The Morgan fingerprint density at radius 1 is 1.10 bits per heavy atom. The highest BCUT2D eigenvalue weighted by Crippen LogP contribution is 2.26. The van der Waals surface area contributed by atoms with Crippen molar-refractivity contribution < 1.29 is 4.79 Å². The molecule has 0 fully saturated rings. The third-order valence-corrected chi connectivity index (χ3v) is 5.82. The first-order chi connectivity index (χ1) is 14.5. The number of benzene rings is 3. The summed E-state index contributed by atoms with van der Waals surface area (Å²) in [5, 5.41) is 13.0. The number of nitriles is 1. The van der Waals surface area contributed by atoms with E-state index >= 15 is 0 Å². The largest absolute Gasteiger partial charge is 0.321 e. The lowest BCUT2D eigenvalue weighted by atomic mass is 10.0. The molecule has 3 aromatic carbocycles. The van der Waals surface area contributed by atoms with E-state index in [4.69, 9.17) is 11.6 Å². The number of hydrogen-bond acceptors (Lipinski definition) is 2. The van der Waals surface area contributed by atoms with Crippen LogP contribution >= 0.6 is 27.5 Å². The molecule has 3 nitrogen and oxygen atoms in total. The van der Waals surface area contributed by atoms with Crippen LogP contribution in [-0.4, -0.2) is 5.91 Å². The van der Waals surface area contributed by atoms with E-state index in [0.717, 1.165) is 32.6 Å². The predicted molar refractivity (Wildman–Crippen MR) is 126 cm³/mol. The van der Waals surface area contributed by atoms with Crippen molar-refractivity contribution in [1.29, 1.82) is 5.26 Å². The molecule has 0 aliphatic rings. The molecule has 3 rings (SSSR count). The van der Waals surface area contributed by atoms with Crippen molar-refractivity contribution in [2.24, 2.45) is 0 Å². The Labute approximate surface area is 190 Å². The van der Waals surface area contributed by atoms with Crippen molar-refractivity contribution in [2.75, 3.05) is 5.32 Å². The standard InChI is InChI=1S/C25H20BrClN2O/c1-2-17-8-11-22(12-9-17)29-25(30)21(16-28)13-18-7-10-19(23(26)14-18)15-20-5-3-4-6-24(20)27/h3-14H,2,15H2,1H3,(H,29,30)/b21-13+. The van der Waals surface area contributed by atoms with Gasteiger partial charge in [0.25, 0.3) is 5.91 Å². The molecule has 0 aliphatic carbocycles. The van der Waals surface area contributed by atoms with E-state index in [9.17, 15) is 10.1 Å². The zero-order valence-corrected chi connectivity index (χ0v) is 18.8. The molecule has 0 bridgehead atoms. The number of nitrogens with zero attached hydrogens (tertiary/aromatic N) is 1. The fourth-order valence-corrected chi connectivity index (χ4v) is 3.72. The minimum absolute atomic E-state index is 0.0420. The summed E-state index contributed by atoms with van der Waals surface area (Å²) in [5.41, 5.74) is 4.76. The first-order valence-corrected chi connectivity index (χ1v) is 10.7. The Balaban J connectivity index is 1.76. The number of nitrogens with one attached hydrogen (secondary N) is 1. The molecule has 0 atom stereocenters. The summed E-state index contributed by atoms with van der Waals surface area (Å²) >= 11 is 9.85. The molecule has 1 amide bonds. The zero-order valence-electron chi connectivity index (χ0n) is 16.5. The van der Waals surface area contributed by atoms with Crippen LogP contribution in [0.25, 0.3) is 6.08 Å². The Hall–Kier alpha value is -2.87. The van der Waals surface area contributed by atoms with E-state index in [2.05, 4.69) is 28.2 Å². The maximum atomic E-state index is 12.5. The number of anilines is 1. The minimum atomic E-state index is -0.432. The Morgan fingerprint density at radius 3 is 2.47 bits per heavy atom. The van der Waals surface area contributed by atoms with Gasteiger partial charge in [0.2, 0.25) is 0 Å². The van der Waals surface area contributed by atoms with Gasteiger partial charge in [-0.3, -0.25) is 4.79 Å². The fraction of sp³-hybridized carbons (Fsp3) is 0.120. The maximum Gasteiger partial charge on any atom is 0.266 e. The molecule has 0 spiro atoms. The molecule has 3 aromatic rings. The molecule has 0 heterocycles. The summed E-state index contributed by atoms with van der Waals surface area (Å²) in [6.07, 6.45) is 3.20. The van der Waals surface area contributed by atoms with E-state index in [1.807, 2.05) is 72.8 Å². The average Bonchev–Trinajstić information content (AvgIpc) is 2.75. The third kappa shape index (κ3) is 5.60. The molecule has 0 radical (unpaired) electrons. The second-order valence-electron chi connectivity index (χ2n) is 6.79. The minimum Gasteiger partial charge on any atom is -0.321 e. The quantitative estimate of drug-likeness (QED) is 0.312. The summed E-state index contributed by atoms with van der Waals surface area (Å²) < 4.78 is 0.893. The van der Waals surface area contributed by atoms with Crippen molar-refractivity contribution in [1.82, 2.24) is 0 Å². The van der Waals surface area contributed by atoms with Gasteiger partial charge in [-0.15, -0.1) is 0 Å². The van der Waals surface area contributed by atoms with E-state index < -0.39 is 5.91 Å². The van der Waals surface area contributed by atoms with Gasteiger partial charge < -0.3 is 5.32 Å². The van der Waals surface area contributed by atoms with Crippen LogP contribution < -0.4 is 5.32 Å². The van der Waals surface area contributed by atoms with Crippen molar-refractivity contribution in [3.8, 4) is 6.07 Å². The highest BCUT2D eigenvalue weighted by atomic mass is 79.9. The van der Waals surface area contributed by atoms with Crippen LogP contribution in [0.3, 0.4) is 0 Å². The van der Waals surface area contributed by atoms with Crippen LogP contribution in [0.1, 0.15) is 29.2 Å². The SMILES string of the molecule is CCc1ccc(NC(=O)/C(C#N)=C/c2ccc(Cc3ccccc3Cl)c(Br)c2)cc1. The van der Waals surface area contributed by atoms with Gasteiger partial charge in [-0.25, -0.2) is 0 Å². The van der Waals surface area contributed by atoms with Crippen molar-refractivity contribution in [3.05, 3.63) is 104 Å². The zero-order chi connectivity index (χ0) is 21.5. The number of halogens is 2. The van der Waals surface area contributed by atoms with Crippen molar-refractivity contribution in [3.63, 3.8) is 0 Å². The Bertz CT molecular complexity index is 1130. The van der Waals surface area contributed by atoms with Gasteiger partial charge in [-0.1, -0.05) is 76.9 Å². The molecule has 30 heavy (non-hydrogen) atoms. The molecule has 0 saturated heterocycles. The van der Waals surface area contributed by atoms with E-state index in [0.29, 0.717) is 12.1 Å². The van der Waals surface area contributed by atoms with Crippen molar-refractivity contribution in [2.45, 2.75) is 19.8 Å². The van der Waals surface area contributed by atoms with E-state index in [-0.39, 0.29) is 5.57 Å². The molecule has 5 heteroatoms. The lowest BCUT2D eigenvalue weighted by Gasteiger charge is -2.08. The van der Waals surface area contributed by atoms with Gasteiger partial charge in [0.1, 0.15) is 11.6 Å². The second kappa shape index (κ2) is 10.2. The van der Waals surface area contributed by atoms with Gasteiger partial charge in [0, 0.05) is 21.6 Å². The van der Waals surface area contributed by atoms with E-state index in [1.54, 1.807) is 6.08 Å². The third-order valence-electron chi connectivity index (χ3n) is 4.71. The smallest absolute Gasteiger partial charge is 0.266 e. The van der Waals surface area contributed by atoms with Crippen LogP contribution in [0, 0.1) is 11.3 Å². The van der Waals surface area contributed by atoms with Gasteiger partial charge in [-0.05, 0) is 59.0 Å². The normalized spacial score (nSPS) is 11.1. The summed E-state index contributed by atoms with van der Waals surface area (Å²) in [5.74, 6) is -0.432. The predicted octanol–water partition coefficient (Wildman–Crippen LogP) is 6.80. The molecule has 0 aliphatic heterocycles. The first-order valence-electron chi connectivity index (χ1n) is 9.54. The van der Waals surface area contributed by atoms with Gasteiger partial charge in [0.05, 0.1) is 0 Å². The number of amides is 1. The van der Waals surface area contributed by atoms with Gasteiger partial charge in [-0.2, -0.15) is 5.26 Å². The summed E-state index contributed by atoms with van der Waals surface area (Å²) in [4.78, 5) is 12.5. The average molecular weight is 480 g/mol. The second-order valence-corrected chi connectivity index (χ2v) is 8.05. The summed E-state index contributed by atoms with van der Waals surface area (Å²) in [6.45, 7) is 2.07. The molecule has 1 N–H and O–H groups in total. The highest BCUT2D eigenvalue weighted by molar-refractivity contribution is 9.10. The number of hydrogen-bond donors (Lipinski definition) is 1. The molecular formula is C25H20BrClN2O. The molecular weight excluding hydrogens is 460 g/mol. The van der Waals surface area contributed by atoms with Crippen LogP contribution in [-0.2, 0) is 17.6 Å². The number of carbonyl (C=O) groups excluding carboxylic acids is 1. The van der Waals surface area contributed by atoms with Crippen LogP contribution in [0.4, 0.5) is 5.69 Å². The monoisotopic (exact) mass is 478 g/mol. The van der Waals surface area contributed by atoms with E-state index in [1.165, 1.54) is 5.56 Å². The summed E-state index contributed by atoms with van der Waals surface area (Å²) in [7, 11) is 0. The molecule has 0 aromatic heterocycles. The first kappa shape index (κ1) is 21.8. The lowest BCUT2D eigenvalue weighted by Crippen LogP contribution is -2.13. The van der Waals surface area contributed by atoms with Gasteiger partial charge in [0.15, 0.2) is 0 Å². The van der Waals surface area contributed by atoms with Crippen molar-refractivity contribution >= 4 is 45.2 Å². The van der Waals surface area contributed by atoms with Crippen LogP contribution in [0.15, 0.2) is 76.8 Å². The fourth-order valence-electron chi connectivity index (χ4n) is 2.98. The van der Waals surface area contributed by atoms with Crippen LogP contribution in [0.2, 0.25) is 5.02 Å². The van der Waals surface area contributed by atoms with Crippen LogP contribution in [0.5, 0.6) is 0 Å². The Morgan fingerprint density at radius 2 is 1.83 bits per heavy atom.